The summed E-state index contributed by atoms with van der Waals surface area (Å²) in [7, 11) is 0. The van der Waals surface area contributed by atoms with E-state index in [0.29, 0.717) is 12.8 Å². The Kier molecular flexibility index (Phi) is 28.3. The second-order valence-corrected chi connectivity index (χ2v) is 13.0. The summed E-state index contributed by atoms with van der Waals surface area (Å²) in [5.41, 5.74) is -1.11. The van der Waals surface area contributed by atoms with Crippen molar-refractivity contribution in [3.8, 4) is 0 Å². The molecule has 0 aliphatic rings. The smallest absolute Gasteiger partial charge is 0.106 e. The molecular weight excluding hydrogens is 468 g/mol. The van der Waals surface area contributed by atoms with Crippen molar-refractivity contribution in [1.82, 2.24) is 0 Å². The fourth-order valence-corrected chi connectivity index (χ4v) is 5.83. The van der Waals surface area contributed by atoms with Gasteiger partial charge in [0.2, 0.25) is 0 Å². The van der Waals surface area contributed by atoms with Crippen LogP contribution < -0.4 is 0 Å². The molecule has 0 aliphatic carbocycles. The van der Waals surface area contributed by atoms with Gasteiger partial charge in [-0.3, -0.25) is 0 Å². The molecule has 0 aliphatic heterocycles. The molecular formula is C35H72O3. The summed E-state index contributed by atoms with van der Waals surface area (Å²) >= 11 is 0. The fourth-order valence-electron chi connectivity index (χ4n) is 5.83. The Morgan fingerprint density at radius 2 is 0.763 bits per heavy atom. The highest BCUT2D eigenvalue weighted by Gasteiger charge is 2.33. The molecule has 2 atom stereocenters. The van der Waals surface area contributed by atoms with Crippen LogP contribution in [0.2, 0.25) is 0 Å². The van der Waals surface area contributed by atoms with Gasteiger partial charge in [0.1, 0.15) is 6.10 Å². The van der Waals surface area contributed by atoms with E-state index in [-0.39, 0.29) is 6.61 Å². The molecule has 0 aromatic carbocycles. The van der Waals surface area contributed by atoms with Crippen LogP contribution in [-0.4, -0.2) is 33.6 Å². The van der Waals surface area contributed by atoms with Crippen molar-refractivity contribution in [3.63, 3.8) is 0 Å². The van der Waals surface area contributed by atoms with Crippen molar-refractivity contribution in [1.29, 1.82) is 0 Å². The van der Waals surface area contributed by atoms with Gasteiger partial charge in [-0.25, -0.2) is 0 Å². The topological polar surface area (TPSA) is 60.7 Å². The molecule has 3 nitrogen and oxygen atoms in total. The minimum Gasteiger partial charge on any atom is -0.394 e. The molecule has 0 aromatic heterocycles. The Bertz CT molecular complexity index is 452. The largest absolute Gasteiger partial charge is 0.394 e. The molecule has 0 radical (unpaired) electrons. The van der Waals surface area contributed by atoms with Crippen LogP contribution in [0, 0.1) is 5.92 Å². The summed E-state index contributed by atoms with van der Waals surface area (Å²) in [6, 6.07) is 0. The molecule has 0 heterocycles. The van der Waals surface area contributed by atoms with E-state index in [4.69, 9.17) is 0 Å². The van der Waals surface area contributed by atoms with E-state index in [1.807, 2.05) is 0 Å². The van der Waals surface area contributed by atoms with Crippen LogP contribution in [0.3, 0.4) is 0 Å². The van der Waals surface area contributed by atoms with Crippen LogP contribution in [-0.2, 0) is 0 Å². The third-order valence-electron chi connectivity index (χ3n) is 8.65. The van der Waals surface area contributed by atoms with Crippen LogP contribution in [0.5, 0.6) is 0 Å². The average molecular weight is 541 g/mol. The van der Waals surface area contributed by atoms with E-state index < -0.39 is 11.7 Å². The zero-order valence-electron chi connectivity index (χ0n) is 26.5. The highest BCUT2D eigenvalue weighted by molar-refractivity contribution is 4.86. The molecule has 3 N–H and O–H groups in total. The van der Waals surface area contributed by atoms with Gasteiger partial charge in [0, 0.05) is 0 Å². The van der Waals surface area contributed by atoms with Crippen molar-refractivity contribution in [3.05, 3.63) is 0 Å². The number of rotatable bonds is 31. The number of aliphatic hydroxyl groups excluding tert-OH is 2. The van der Waals surface area contributed by atoms with E-state index >= 15 is 0 Å². The van der Waals surface area contributed by atoms with Gasteiger partial charge in [-0.1, -0.05) is 188 Å². The molecule has 0 aromatic rings. The molecule has 2 unspecified atom stereocenters. The Balaban J connectivity index is 3.66. The zero-order valence-corrected chi connectivity index (χ0v) is 26.5. The first-order valence-corrected chi connectivity index (χ1v) is 17.5. The zero-order chi connectivity index (χ0) is 28.2. The first-order valence-electron chi connectivity index (χ1n) is 17.5. The van der Waals surface area contributed by atoms with Crippen LogP contribution in [0.1, 0.15) is 201 Å². The van der Waals surface area contributed by atoms with Gasteiger partial charge in [0.25, 0.3) is 0 Å². The van der Waals surface area contributed by atoms with Crippen molar-refractivity contribution >= 4 is 0 Å². The molecule has 38 heavy (non-hydrogen) atoms. The molecule has 0 bridgehead atoms. The van der Waals surface area contributed by atoms with Crippen LogP contribution in [0.15, 0.2) is 0 Å². The maximum atomic E-state index is 11.0. The van der Waals surface area contributed by atoms with Crippen LogP contribution in [0.4, 0.5) is 0 Å². The first kappa shape index (κ1) is 37.9. The summed E-state index contributed by atoms with van der Waals surface area (Å²) in [5, 5.41) is 30.8. The number of aliphatic hydroxyl groups is 3. The lowest BCUT2D eigenvalue weighted by Crippen LogP contribution is -2.44. The molecule has 0 rings (SSSR count). The maximum absolute atomic E-state index is 11.0. The number of hydrogen-bond acceptors (Lipinski definition) is 3. The van der Waals surface area contributed by atoms with E-state index in [2.05, 4.69) is 20.8 Å². The van der Waals surface area contributed by atoms with Gasteiger partial charge in [-0.05, 0) is 18.8 Å². The second kappa shape index (κ2) is 28.4. The van der Waals surface area contributed by atoms with Crippen molar-refractivity contribution in [2.75, 3.05) is 6.61 Å². The lowest BCUT2D eigenvalue weighted by Gasteiger charge is -2.32. The van der Waals surface area contributed by atoms with Crippen LogP contribution >= 0.6 is 0 Å². The van der Waals surface area contributed by atoms with E-state index in [1.54, 1.807) is 0 Å². The van der Waals surface area contributed by atoms with E-state index in [1.165, 1.54) is 141 Å². The Morgan fingerprint density at radius 3 is 1.05 bits per heavy atom. The van der Waals surface area contributed by atoms with Gasteiger partial charge in [0.15, 0.2) is 0 Å². The highest BCUT2D eigenvalue weighted by Crippen LogP contribution is 2.27. The Morgan fingerprint density at radius 1 is 0.474 bits per heavy atom. The lowest BCUT2D eigenvalue weighted by molar-refractivity contribution is -0.106. The summed E-state index contributed by atoms with van der Waals surface area (Å²) in [6.45, 7) is 6.57. The molecule has 0 saturated heterocycles. The van der Waals surface area contributed by atoms with E-state index in [0.717, 1.165) is 31.6 Å². The summed E-state index contributed by atoms with van der Waals surface area (Å²) < 4.78 is 0. The molecule has 0 fully saturated rings. The van der Waals surface area contributed by atoms with Crippen molar-refractivity contribution < 1.29 is 15.3 Å². The third kappa shape index (κ3) is 24.9. The Labute approximate surface area is 240 Å². The quantitative estimate of drug-likeness (QED) is 0.0766. The maximum Gasteiger partial charge on any atom is 0.106 e. The predicted octanol–water partition coefficient (Wildman–Crippen LogP) is 10.7. The minimum atomic E-state index is -1.11. The van der Waals surface area contributed by atoms with Crippen molar-refractivity contribution in [2.45, 2.75) is 212 Å². The number of unbranched alkanes of at least 4 members (excludes halogenated alkanes) is 23. The summed E-state index contributed by atoms with van der Waals surface area (Å²) in [6.07, 6.45) is 34.3. The predicted molar refractivity (Wildman–Crippen MR) is 168 cm³/mol. The molecule has 0 saturated carbocycles. The Hall–Kier alpha value is -0.120. The van der Waals surface area contributed by atoms with Gasteiger partial charge in [-0.15, -0.1) is 0 Å². The van der Waals surface area contributed by atoms with Crippen LogP contribution in [0.25, 0.3) is 0 Å². The lowest BCUT2D eigenvalue weighted by atomic mass is 9.85. The molecule has 0 amide bonds. The second-order valence-electron chi connectivity index (χ2n) is 13.0. The van der Waals surface area contributed by atoms with Gasteiger partial charge < -0.3 is 15.3 Å². The molecule has 0 spiro atoms. The highest BCUT2D eigenvalue weighted by atomic mass is 16.4. The summed E-state index contributed by atoms with van der Waals surface area (Å²) in [4.78, 5) is 0. The molecule has 3 heteroatoms. The summed E-state index contributed by atoms with van der Waals surface area (Å²) in [5.74, 6) is 0.859. The van der Waals surface area contributed by atoms with Gasteiger partial charge >= 0.3 is 0 Å². The first-order chi connectivity index (χ1) is 18.5. The number of hydrogen-bond donors (Lipinski definition) is 3. The van der Waals surface area contributed by atoms with Crippen molar-refractivity contribution in [2.24, 2.45) is 5.92 Å². The average Bonchev–Trinajstić information content (AvgIpc) is 2.90. The molecule has 230 valence electrons. The standard InChI is InChI=1S/C35H72O3/c1-4-5-6-7-8-9-10-15-18-21-24-27-30-35(38,34(37)32-36)31-28-25-22-19-16-13-11-12-14-17-20-23-26-29-33(2)3/h33-34,36-38H,4-32H2,1-3H3. The monoisotopic (exact) mass is 541 g/mol. The SMILES string of the molecule is CCCCCCCCCCCCCCC(O)(CCCCCCCCCCCCCCCC(C)C)C(O)CO. The van der Waals surface area contributed by atoms with E-state index in [9.17, 15) is 15.3 Å². The normalized spacial score (nSPS) is 14.3. The minimum absolute atomic E-state index is 0.341. The fraction of sp³-hybridized carbons (Fsp3) is 1.00. The van der Waals surface area contributed by atoms with Gasteiger partial charge in [-0.2, -0.15) is 0 Å². The third-order valence-corrected chi connectivity index (χ3v) is 8.65. The van der Waals surface area contributed by atoms with Gasteiger partial charge in [0.05, 0.1) is 12.2 Å².